The number of hydrogen-bond acceptors (Lipinski definition) is 5. The molecular formula is C47H84O5. The summed E-state index contributed by atoms with van der Waals surface area (Å²) >= 11 is 0. The lowest BCUT2D eigenvalue weighted by atomic mass is 10.1. The molecule has 0 aliphatic carbocycles. The fourth-order valence-corrected chi connectivity index (χ4v) is 6.20. The highest BCUT2D eigenvalue weighted by Crippen LogP contribution is 2.14. The van der Waals surface area contributed by atoms with E-state index in [4.69, 9.17) is 9.47 Å². The third kappa shape index (κ3) is 40.6. The first kappa shape index (κ1) is 49.9. The van der Waals surface area contributed by atoms with Gasteiger partial charge in [-0.1, -0.05) is 178 Å². The van der Waals surface area contributed by atoms with Crippen molar-refractivity contribution in [2.24, 2.45) is 0 Å². The molecule has 0 aromatic heterocycles. The molecule has 0 spiro atoms. The van der Waals surface area contributed by atoms with Gasteiger partial charge >= 0.3 is 11.9 Å². The lowest BCUT2D eigenvalue weighted by molar-refractivity contribution is -0.161. The molecule has 1 atom stereocenters. The van der Waals surface area contributed by atoms with E-state index >= 15 is 0 Å². The molecule has 302 valence electrons. The molecule has 5 heteroatoms. The molecular weight excluding hydrogens is 645 g/mol. The molecule has 5 nitrogen and oxygen atoms in total. The van der Waals surface area contributed by atoms with E-state index in [1.165, 1.54) is 141 Å². The fourth-order valence-electron chi connectivity index (χ4n) is 6.20. The van der Waals surface area contributed by atoms with Crippen molar-refractivity contribution in [2.45, 2.75) is 225 Å². The van der Waals surface area contributed by atoms with Gasteiger partial charge in [0.15, 0.2) is 6.10 Å². The molecule has 1 unspecified atom stereocenters. The number of aliphatic hydroxyl groups excluding tert-OH is 1. The van der Waals surface area contributed by atoms with Crippen LogP contribution in [0.15, 0.2) is 48.6 Å². The van der Waals surface area contributed by atoms with Gasteiger partial charge in [0.25, 0.3) is 0 Å². The van der Waals surface area contributed by atoms with E-state index < -0.39 is 6.10 Å². The average molecular weight is 729 g/mol. The Hall–Kier alpha value is -2.14. The Morgan fingerprint density at radius 3 is 1.13 bits per heavy atom. The zero-order valence-electron chi connectivity index (χ0n) is 34.3. The standard InChI is InChI=1S/C47H84O5/c1-3-5-7-9-11-13-15-17-19-21-23-25-27-29-31-33-35-37-39-41-46(49)51-44-45(43-48)52-47(50)42-40-38-36-34-32-30-28-26-24-22-20-18-16-14-12-10-8-6-4-2/h11-14,17-20,45,48H,3-10,15-16,21-44H2,1-2H3. The Bertz CT molecular complexity index is 873. The first-order valence-electron chi connectivity index (χ1n) is 22.2. The molecule has 0 heterocycles. The van der Waals surface area contributed by atoms with E-state index in [0.717, 1.165) is 51.4 Å². The first-order valence-corrected chi connectivity index (χ1v) is 22.2. The largest absolute Gasteiger partial charge is 0.462 e. The van der Waals surface area contributed by atoms with Crippen LogP contribution < -0.4 is 0 Å². The summed E-state index contributed by atoms with van der Waals surface area (Å²) in [5.74, 6) is -0.597. The Morgan fingerprint density at radius 1 is 0.442 bits per heavy atom. The van der Waals surface area contributed by atoms with Crippen LogP contribution >= 0.6 is 0 Å². The third-order valence-electron chi connectivity index (χ3n) is 9.60. The molecule has 0 aliphatic heterocycles. The van der Waals surface area contributed by atoms with Crippen molar-refractivity contribution in [1.82, 2.24) is 0 Å². The van der Waals surface area contributed by atoms with Gasteiger partial charge in [-0.25, -0.2) is 0 Å². The van der Waals surface area contributed by atoms with E-state index in [1.807, 2.05) is 0 Å². The van der Waals surface area contributed by atoms with Crippen LogP contribution in [-0.2, 0) is 19.1 Å². The molecule has 1 N–H and O–H groups in total. The van der Waals surface area contributed by atoms with Gasteiger partial charge in [-0.15, -0.1) is 0 Å². The number of esters is 2. The van der Waals surface area contributed by atoms with Crippen molar-refractivity contribution < 1.29 is 24.2 Å². The molecule has 0 aromatic rings. The van der Waals surface area contributed by atoms with E-state index in [0.29, 0.717) is 12.8 Å². The minimum Gasteiger partial charge on any atom is -0.462 e. The molecule has 0 fully saturated rings. The minimum absolute atomic E-state index is 0.0696. The SMILES string of the molecule is CCCCCC=CCC=CCCCCCCCCCCCC(=O)OCC(CO)OC(=O)CCCCCCCCCCCC=CCC=CCCCCC. The lowest BCUT2D eigenvalue weighted by Crippen LogP contribution is -2.28. The molecule has 0 rings (SSSR count). The van der Waals surface area contributed by atoms with Gasteiger partial charge in [-0.2, -0.15) is 0 Å². The highest BCUT2D eigenvalue weighted by Gasteiger charge is 2.16. The summed E-state index contributed by atoms with van der Waals surface area (Å²) in [6, 6.07) is 0. The second-order valence-electron chi connectivity index (χ2n) is 14.8. The zero-order valence-corrected chi connectivity index (χ0v) is 34.3. The van der Waals surface area contributed by atoms with Crippen molar-refractivity contribution >= 4 is 11.9 Å². The van der Waals surface area contributed by atoms with Crippen molar-refractivity contribution in [2.75, 3.05) is 13.2 Å². The quantitative estimate of drug-likeness (QED) is 0.0386. The van der Waals surface area contributed by atoms with Crippen LogP contribution in [-0.4, -0.2) is 36.4 Å². The van der Waals surface area contributed by atoms with Crippen LogP contribution in [0.5, 0.6) is 0 Å². The maximum Gasteiger partial charge on any atom is 0.306 e. The second-order valence-corrected chi connectivity index (χ2v) is 14.8. The van der Waals surface area contributed by atoms with E-state index in [-0.39, 0.29) is 25.2 Å². The maximum atomic E-state index is 12.2. The number of aliphatic hydroxyl groups is 1. The van der Waals surface area contributed by atoms with Gasteiger partial charge in [-0.05, 0) is 77.0 Å². The fraction of sp³-hybridized carbons (Fsp3) is 0.787. The summed E-state index contributed by atoms with van der Waals surface area (Å²) in [6.45, 7) is 4.09. The number of unbranched alkanes of at least 4 members (excludes halogenated alkanes) is 24. The minimum atomic E-state index is -0.776. The smallest absolute Gasteiger partial charge is 0.306 e. The van der Waals surface area contributed by atoms with Gasteiger partial charge in [0.05, 0.1) is 6.61 Å². The van der Waals surface area contributed by atoms with Gasteiger partial charge in [-0.3, -0.25) is 9.59 Å². The Labute approximate surface area is 322 Å². The number of carbonyl (C=O) groups excluding carboxylic acids is 2. The topological polar surface area (TPSA) is 72.8 Å². The first-order chi connectivity index (χ1) is 25.6. The summed E-state index contributed by atoms with van der Waals surface area (Å²) in [6.07, 6.45) is 54.6. The lowest BCUT2D eigenvalue weighted by Gasteiger charge is -2.15. The third-order valence-corrected chi connectivity index (χ3v) is 9.60. The molecule has 0 aliphatic rings. The summed E-state index contributed by atoms with van der Waals surface area (Å²) < 4.78 is 10.6. The highest BCUT2D eigenvalue weighted by molar-refractivity contribution is 5.70. The number of ether oxygens (including phenoxy) is 2. The number of hydrogen-bond donors (Lipinski definition) is 1. The van der Waals surface area contributed by atoms with Crippen LogP contribution in [0.1, 0.15) is 219 Å². The van der Waals surface area contributed by atoms with Crippen LogP contribution in [0.25, 0.3) is 0 Å². The molecule has 0 saturated carbocycles. The predicted octanol–water partition coefficient (Wildman–Crippen LogP) is 14.2. The van der Waals surface area contributed by atoms with Gasteiger partial charge < -0.3 is 14.6 Å². The monoisotopic (exact) mass is 729 g/mol. The van der Waals surface area contributed by atoms with E-state index in [9.17, 15) is 14.7 Å². The summed E-state index contributed by atoms with van der Waals surface area (Å²) in [5, 5.41) is 9.59. The zero-order chi connectivity index (χ0) is 37.8. The van der Waals surface area contributed by atoms with Gasteiger partial charge in [0, 0.05) is 12.8 Å². The summed E-state index contributed by atoms with van der Waals surface area (Å²) in [7, 11) is 0. The van der Waals surface area contributed by atoms with Crippen LogP contribution in [0.4, 0.5) is 0 Å². The van der Waals surface area contributed by atoms with Crippen molar-refractivity contribution in [3.8, 4) is 0 Å². The molecule has 52 heavy (non-hydrogen) atoms. The number of rotatable bonds is 40. The summed E-state index contributed by atoms with van der Waals surface area (Å²) in [4.78, 5) is 24.3. The van der Waals surface area contributed by atoms with Gasteiger partial charge in [0.2, 0.25) is 0 Å². The van der Waals surface area contributed by atoms with Crippen molar-refractivity contribution in [3.05, 3.63) is 48.6 Å². The highest BCUT2D eigenvalue weighted by atomic mass is 16.6. The number of carbonyl (C=O) groups is 2. The van der Waals surface area contributed by atoms with Crippen molar-refractivity contribution in [1.29, 1.82) is 0 Å². The number of allylic oxidation sites excluding steroid dienone is 8. The predicted molar refractivity (Wildman–Crippen MR) is 224 cm³/mol. The maximum absolute atomic E-state index is 12.2. The summed E-state index contributed by atoms with van der Waals surface area (Å²) in [5.41, 5.74) is 0. The Morgan fingerprint density at radius 2 is 0.769 bits per heavy atom. The van der Waals surface area contributed by atoms with Crippen LogP contribution in [0.3, 0.4) is 0 Å². The van der Waals surface area contributed by atoms with Crippen LogP contribution in [0.2, 0.25) is 0 Å². The van der Waals surface area contributed by atoms with Gasteiger partial charge in [0.1, 0.15) is 6.61 Å². The molecule has 0 amide bonds. The Balaban J connectivity index is 3.54. The normalized spacial score (nSPS) is 12.6. The molecule has 0 aromatic carbocycles. The second kappa shape index (κ2) is 43.3. The molecule has 0 saturated heterocycles. The molecule has 0 bridgehead atoms. The molecule has 0 radical (unpaired) electrons. The average Bonchev–Trinajstić information content (AvgIpc) is 3.15. The van der Waals surface area contributed by atoms with E-state index in [2.05, 4.69) is 62.5 Å². The van der Waals surface area contributed by atoms with E-state index in [1.54, 1.807) is 0 Å². The Kier molecular flexibility index (Phi) is 41.5. The van der Waals surface area contributed by atoms with Crippen molar-refractivity contribution in [3.63, 3.8) is 0 Å². The van der Waals surface area contributed by atoms with Crippen LogP contribution in [0, 0.1) is 0 Å².